The number of carbonyl (C=O) groups is 1. The van der Waals surface area contributed by atoms with Gasteiger partial charge >= 0.3 is 49.6 Å². The maximum Gasteiger partial charge on any atom is 2.00 e. The molecule has 0 aromatic heterocycles. The van der Waals surface area contributed by atoms with Crippen LogP contribution in [-0.4, -0.2) is 12.1 Å². The van der Waals surface area contributed by atoms with E-state index >= 15 is 0 Å². The van der Waals surface area contributed by atoms with Crippen molar-refractivity contribution in [1.29, 1.82) is 0 Å². The van der Waals surface area contributed by atoms with Crippen LogP contribution in [0.1, 0.15) is 32.6 Å². The molecule has 0 unspecified atom stereocenters. The fourth-order valence-corrected chi connectivity index (χ4v) is 1.60. The van der Waals surface area contributed by atoms with Gasteiger partial charge in [-0.3, -0.25) is 4.79 Å². The topological polar surface area (TPSA) is 66.1 Å². The van der Waals surface area contributed by atoms with Crippen LogP contribution in [0.15, 0.2) is 0 Å². The fourth-order valence-electron chi connectivity index (χ4n) is 1.60. The third-order valence-corrected chi connectivity index (χ3v) is 2.56. The Morgan fingerprint density at radius 2 is 1.55 bits per heavy atom. The van der Waals surface area contributed by atoms with Gasteiger partial charge < -0.3 is 4.74 Å². The molecular formula is C17H20O4W+2. The van der Waals surface area contributed by atoms with Gasteiger partial charge in [0.2, 0.25) is 0 Å². The number of esters is 1. The van der Waals surface area contributed by atoms with E-state index in [1.165, 1.54) is 12.8 Å². The van der Waals surface area contributed by atoms with Crippen molar-refractivity contribution in [3.8, 4) is 0 Å². The van der Waals surface area contributed by atoms with Crippen LogP contribution in [0.5, 0.6) is 0 Å². The summed E-state index contributed by atoms with van der Waals surface area (Å²) in [6.45, 7) is 14.7. The number of hydrogen-bond donors (Lipinski definition) is 0. The minimum absolute atomic E-state index is 0. The third-order valence-electron chi connectivity index (χ3n) is 2.56. The summed E-state index contributed by atoms with van der Waals surface area (Å²) in [5.41, 5.74) is 0. The van der Waals surface area contributed by atoms with Crippen LogP contribution < -0.4 is 0 Å². The molecule has 116 valence electrons. The molecule has 1 aliphatic heterocycles. The van der Waals surface area contributed by atoms with Gasteiger partial charge in [0, 0.05) is 6.42 Å². The quantitative estimate of drug-likeness (QED) is 0.273. The Hall–Kier alpha value is -0.362. The zero-order valence-electron chi connectivity index (χ0n) is 12.6. The van der Waals surface area contributed by atoms with Gasteiger partial charge in [-0.2, -0.15) is 0 Å². The van der Waals surface area contributed by atoms with E-state index in [-0.39, 0.29) is 33.1 Å². The van der Waals surface area contributed by atoms with Gasteiger partial charge in [-0.1, -0.05) is 19.8 Å². The van der Waals surface area contributed by atoms with E-state index in [1.54, 1.807) is 0 Å². The fraction of sp³-hybridized carbons (Fsp3) is 0.353. The number of carbonyl (C=O) groups excluding carboxylic acids is 1. The van der Waals surface area contributed by atoms with Crippen molar-refractivity contribution >= 4 is 5.97 Å². The normalized spacial score (nSPS) is 19.0. The second-order valence-electron chi connectivity index (χ2n) is 4.09. The summed E-state index contributed by atoms with van der Waals surface area (Å²) in [6, 6.07) is 0. The molecule has 1 atom stereocenters. The van der Waals surface area contributed by atoms with E-state index in [9.17, 15) is 4.79 Å². The van der Waals surface area contributed by atoms with E-state index in [4.69, 9.17) is 14.0 Å². The van der Waals surface area contributed by atoms with Gasteiger partial charge in [0.05, 0.1) is 5.92 Å². The van der Waals surface area contributed by atoms with Crippen LogP contribution in [-0.2, 0) is 39.9 Å². The molecule has 4 nitrogen and oxygen atoms in total. The summed E-state index contributed by atoms with van der Waals surface area (Å²) < 4.78 is 20.0. The SMILES string of the molecule is [C-]#[O+].[C-]#[O+].[CH2][C]1[CH][C@H](CCCCC)OC1=O.[CH]1[CH][CH][CH][CH]1.[W+2]. The average molecular weight is 472 g/mol. The summed E-state index contributed by atoms with van der Waals surface area (Å²) in [6.07, 6.45) is 16.3. The predicted octanol–water partition coefficient (Wildman–Crippen LogP) is 3.05. The predicted molar refractivity (Wildman–Crippen MR) is 76.3 cm³/mol. The number of unbranched alkanes of at least 4 members (excludes halogenated alkanes) is 2. The van der Waals surface area contributed by atoms with Gasteiger partial charge in [0.25, 0.3) is 0 Å². The zero-order valence-corrected chi connectivity index (χ0v) is 15.6. The minimum atomic E-state index is -0.253. The van der Waals surface area contributed by atoms with E-state index < -0.39 is 0 Å². The molecule has 0 aromatic rings. The monoisotopic (exact) mass is 472 g/mol. The van der Waals surface area contributed by atoms with Crippen LogP contribution in [0.2, 0.25) is 0 Å². The molecule has 0 aromatic carbocycles. The molecule has 0 bridgehead atoms. The first kappa shape index (κ1) is 26.5. The second-order valence-corrected chi connectivity index (χ2v) is 4.09. The molecule has 5 heteroatoms. The summed E-state index contributed by atoms with van der Waals surface area (Å²) in [7, 11) is 0. The molecule has 1 saturated heterocycles. The van der Waals surface area contributed by atoms with Gasteiger partial charge in [-0.15, -0.1) is 0 Å². The Balaban J connectivity index is -0.000000303. The number of rotatable bonds is 4. The summed E-state index contributed by atoms with van der Waals surface area (Å²) >= 11 is 0. The van der Waals surface area contributed by atoms with Crippen molar-refractivity contribution in [2.24, 2.45) is 0 Å². The van der Waals surface area contributed by atoms with Gasteiger partial charge in [0.1, 0.15) is 6.10 Å². The van der Waals surface area contributed by atoms with E-state index in [0.717, 1.165) is 12.8 Å². The summed E-state index contributed by atoms with van der Waals surface area (Å²) in [4.78, 5) is 10.9. The maximum absolute atomic E-state index is 10.9. The molecule has 0 spiro atoms. The minimum Gasteiger partial charge on any atom is -0.462 e. The van der Waals surface area contributed by atoms with Crippen molar-refractivity contribution in [2.45, 2.75) is 38.7 Å². The number of ether oxygens (including phenoxy) is 1. The molecule has 0 N–H and O–H groups in total. The smallest absolute Gasteiger partial charge is 0.462 e. The zero-order chi connectivity index (χ0) is 16.5. The Labute approximate surface area is 149 Å². The third kappa shape index (κ3) is 14.6. The largest absolute Gasteiger partial charge is 2.00 e. The molecule has 8 radical (unpaired) electrons. The number of hydrogen-bond acceptors (Lipinski definition) is 2. The van der Waals surface area contributed by atoms with Crippen LogP contribution >= 0.6 is 0 Å². The van der Waals surface area contributed by atoms with Gasteiger partial charge in [-0.05, 0) is 51.9 Å². The summed E-state index contributed by atoms with van der Waals surface area (Å²) in [5, 5.41) is 0. The average Bonchev–Trinajstić information content (AvgIpc) is 3.19. The molecule has 1 saturated carbocycles. The van der Waals surface area contributed by atoms with Crippen molar-refractivity contribution < 1.29 is 39.9 Å². The molecule has 2 aliphatic rings. The Kier molecular flexibility index (Phi) is 24.9. The molecule has 1 heterocycles. The molecule has 2 rings (SSSR count). The Morgan fingerprint density at radius 3 is 1.86 bits per heavy atom. The first-order chi connectivity index (χ1) is 10.2. The first-order valence-electron chi connectivity index (χ1n) is 6.56. The van der Waals surface area contributed by atoms with Crippen molar-refractivity contribution in [1.82, 2.24) is 0 Å². The standard InChI is InChI=1S/C10H15O2.C5H5.2CO.W/c1-3-4-5-6-9-7-8(2)10(11)12-9;1-2-4-5-3-1;2*1-2;/h7,9H,2-6H2,1H3;1-5H;;;/q;;;;+2/t9-;;;;/m0..../s1. The molecule has 1 aliphatic carbocycles. The molecule has 0 amide bonds. The van der Waals surface area contributed by atoms with E-state index in [2.05, 4.69) is 27.1 Å². The van der Waals surface area contributed by atoms with Gasteiger partial charge in [0.15, 0.2) is 0 Å². The van der Waals surface area contributed by atoms with E-state index in [1.807, 2.05) is 38.5 Å². The Bertz CT molecular complexity index is 271. The Morgan fingerprint density at radius 1 is 1.09 bits per heavy atom. The van der Waals surface area contributed by atoms with Crippen LogP contribution in [0.3, 0.4) is 0 Å². The van der Waals surface area contributed by atoms with Crippen LogP contribution in [0.25, 0.3) is 0 Å². The van der Waals surface area contributed by atoms with Crippen LogP contribution in [0, 0.1) is 64.7 Å². The van der Waals surface area contributed by atoms with Crippen molar-refractivity contribution in [3.63, 3.8) is 0 Å². The molecule has 22 heavy (non-hydrogen) atoms. The first-order valence-corrected chi connectivity index (χ1v) is 6.56. The van der Waals surface area contributed by atoms with Gasteiger partial charge in [-0.25, -0.2) is 0 Å². The van der Waals surface area contributed by atoms with E-state index in [0.29, 0.717) is 5.92 Å². The second kappa shape index (κ2) is 20.6. The molecular weight excluding hydrogens is 452 g/mol. The maximum atomic E-state index is 10.9. The summed E-state index contributed by atoms with van der Waals surface area (Å²) in [5.74, 6) is 0.257. The number of cyclic esters (lactones) is 1. The van der Waals surface area contributed by atoms with Crippen molar-refractivity contribution in [2.75, 3.05) is 0 Å². The van der Waals surface area contributed by atoms with Crippen molar-refractivity contribution in [3.05, 3.63) is 64.7 Å². The molecule has 2 fully saturated rings. The van der Waals surface area contributed by atoms with Crippen LogP contribution in [0.4, 0.5) is 0 Å².